The number of hydrogen-bond donors (Lipinski definition) is 7. The van der Waals surface area contributed by atoms with E-state index in [1.807, 2.05) is 0 Å². The Morgan fingerprint density at radius 1 is 1.12 bits per heavy atom. The summed E-state index contributed by atoms with van der Waals surface area (Å²) in [5, 5.41) is 59.2. The molecule has 3 aliphatic carbocycles. The summed E-state index contributed by atoms with van der Waals surface area (Å²) in [7, 11) is 6.49. The van der Waals surface area contributed by atoms with Crippen LogP contribution in [0.15, 0.2) is 23.0 Å². The van der Waals surface area contributed by atoms with Crippen LogP contribution >= 0.6 is 0 Å². The molecule has 234 valence electrons. The number of aromatic hydroxyl groups is 1. The summed E-state index contributed by atoms with van der Waals surface area (Å²) in [4.78, 5) is 55.4. The first-order valence-corrected chi connectivity index (χ1v) is 13.7. The van der Waals surface area contributed by atoms with Gasteiger partial charge in [0.25, 0.3) is 5.91 Å². The first-order chi connectivity index (χ1) is 19.7. The zero-order valence-electron chi connectivity index (χ0n) is 25.2. The zero-order valence-corrected chi connectivity index (χ0v) is 25.2. The van der Waals surface area contributed by atoms with Crippen molar-refractivity contribution in [1.82, 2.24) is 9.96 Å². The third-order valence-electron chi connectivity index (χ3n) is 8.52. The smallest absolute Gasteiger partial charge is 0.255 e. The number of anilines is 2. The van der Waals surface area contributed by atoms with E-state index in [4.69, 9.17) is 5.73 Å². The van der Waals surface area contributed by atoms with Gasteiger partial charge in [-0.15, -0.1) is 0 Å². The maximum absolute atomic E-state index is 14.1. The molecule has 43 heavy (non-hydrogen) atoms. The summed E-state index contributed by atoms with van der Waals surface area (Å²) in [5.41, 5.74) is 1.36. The number of rotatable bonds is 6. The molecule has 1 fully saturated rings. The van der Waals surface area contributed by atoms with Gasteiger partial charge < -0.3 is 41.6 Å². The van der Waals surface area contributed by atoms with E-state index in [0.29, 0.717) is 11.3 Å². The molecular weight excluding hydrogens is 562 g/mol. The number of phenolic OH excluding ortho intramolecular Hbond substituents is 1. The molecular formula is C29H39N5O9. The van der Waals surface area contributed by atoms with Gasteiger partial charge in [0.2, 0.25) is 11.7 Å². The molecule has 14 nitrogen and oxygen atoms in total. The lowest BCUT2D eigenvalue weighted by atomic mass is 9.57. The molecule has 0 heterocycles. The van der Waals surface area contributed by atoms with E-state index in [9.17, 15) is 44.8 Å². The van der Waals surface area contributed by atoms with Gasteiger partial charge in [0, 0.05) is 36.8 Å². The van der Waals surface area contributed by atoms with Crippen LogP contribution in [0.2, 0.25) is 0 Å². The first-order valence-electron chi connectivity index (χ1n) is 13.7. The van der Waals surface area contributed by atoms with Gasteiger partial charge in [0.1, 0.15) is 29.4 Å². The van der Waals surface area contributed by atoms with Crippen LogP contribution in [0.1, 0.15) is 38.3 Å². The number of hydrogen-bond acceptors (Lipinski definition) is 12. The van der Waals surface area contributed by atoms with Gasteiger partial charge in [0.15, 0.2) is 11.4 Å². The van der Waals surface area contributed by atoms with Crippen molar-refractivity contribution >= 4 is 40.5 Å². The number of nitrogens with two attached hydrogens (primary N) is 1. The predicted molar refractivity (Wildman–Crippen MR) is 155 cm³/mol. The van der Waals surface area contributed by atoms with Crippen molar-refractivity contribution in [2.24, 2.45) is 17.6 Å². The summed E-state index contributed by atoms with van der Waals surface area (Å²) < 4.78 is 0. The van der Waals surface area contributed by atoms with Gasteiger partial charge in [-0.05, 0) is 65.3 Å². The molecule has 1 aromatic carbocycles. The Bertz CT molecular complexity index is 1490. The highest BCUT2D eigenvalue weighted by molar-refractivity contribution is 6.24. The number of fused-ring (bicyclic) bond motifs is 3. The normalized spacial score (nSPS) is 25.5. The van der Waals surface area contributed by atoms with E-state index in [1.165, 1.54) is 25.1 Å². The summed E-state index contributed by atoms with van der Waals surface area (Å²) >= 11 is 0. The maximum Gasteiger partial charge on any atom is 0.255 e. The van der Waals surface area contributed by atoms with E-state index < -0.39 is 81.8 Å². The fourth-order valence-corrected chi connectivity index (χ4v) is 6.35. The van der Waals surface area contributed by atoms with E-state index >= 15 is 0 Å². The van der Waals surface area contributed by atoms with Crippen molar-refractivity contribution in [3.8, 4) is 5.75 Å². The summed E-state index contributed by atoms with van der Waals surface area (Å²) in [5.74, 6) is -8.27. The number of phenols is 1. The molecule has 3 aliphatic rings. The van der Waals surface area contributed by atoms with E-state index in [-0.39, 0.29) is 29.7 Å². The summed E-state index contributed by atoms with van der Waals surface area (Å²) in [6.07, 6.45) is 0.0509. The number of nitrogens with zero attached hydrogens (tertiary/aromatic N) is 3. The van der Waals surface area contributed by atoms with Gasteiger partial charge >= 0.3 is 0 Å². The van der Waals surface area contributed by atoms with Crippen LogP contribution in [0.3, 0.4) is 0 Å². The molecule has 0 aliphatic heterocycles. The molecule has 4 atom stereocenters. The molecule has 14 heteroatoms. The van der Waals surface area contributed by atoms with E-state index in [2.05, 4.69) is 5.32 Å². The maximum atomic E-state index is 14.1. The van der Waals surface area contributed by atoms with Crippen LogP contribution in [-0.2, 0) is 25.6 Å². The number of primary amides is 1. The minimum absolute atomic E-state index is 0.0446. The average Bonchev–Trinajstić information content (AvgIpc) is 2.86. The number of aliphatic hydroxyl groups excluding tert-OH is 2. The van der Waals surface area contributed by atoms with Gasteiger partial charge in [0.05, 0.1) is 17.3 Å². The molecule has 0 spiro atoms. The lowest BCUT2D eigenvalue weighted by Gasteiger charge is -2.50. The lowest BCUT2D eigenvalue weighted by Crippen LogP contribution is -2.65. The van der Waals surface area contributed by atoms with Gasteiger partial charge in [-0.2, -0.15) is 5.06 Å². The Kier molecular flexibility index (Phi) is 7.90. The Morgan fingerprint density at radius 2 is 1.72 bits per heavy atom. The van der Waals surface area contributed by atoms with Crippen molar-refractivity contribution in [2.75, 3.05) is 45.0 Å². The quantitative estimate of drug-likeness (QED) is 0.134. The van der Waals surface area contributed by atoms with Gasteiger partial charge in [-0.25, -0.2) is 0 Å². The fraction of sp³-hybridized carbons (Fsp3) is 0.517. The first kappa shape index (κ1) is 31.9. The van der Waals surface area contributed by atoms with Crippen LogP contribution in [0, 0.1) is 11.8 Å². The highest BCUT2D eigenvalue weighted by atomic mass is 16.5. The predicted octanol–water partition coefficient (Wildman–Crippen LogP) is 0.458. The lowest BCUT2D eigenvalue weighted by molar-refractivity contribution is -0.163. The molecule has 8 N–H and O–H groups in total. The molecule has 0 bridgehead atoms. The summed E-state index contributed by atoms with van der Waals surface area (Å²) in [6.45, 7) is 4.66. The summed E-state index contributed by atoms with van der Waals surface area (Å²) in [6, 6.07) is 0.320. The van der Waals surface area contributed by atoms with Crippen LogP contribution in [0.25, 0.3) is 5.76 Å². The largest absolute Gasteiger partial charge is 0.508 e. The molecule has 4 rings (SSSR count). The van der Waals surface area contributed by atoms with E-state index in [0.717, 1.165) is 5.06 Å². The number of carbonyl (C=O) groups is 4. The second-order valence-corrected chi connectivity index (χ2v) is 12.8. The second-order valence-electron chi connectivity index (χ2n) is 12.8. The monoisotopic (exact) mass is 601 g/mol. The number of aliphatic hydroxyl groups is 3. The minimum atomic E-state index is -2.76. The van der Waals surface area contributed by atoms with Crippen molar-refractivity contribution in [2.45, 2.75) is 50.8 Å². The highest BCUT2D eigenvalue weighted by Crippen LogP contribution is 2.54. The van der Waals surface area contributed by atoms with E-state index in [1.54, 1.807) is 39.8 Å². The Balaban J connectivity index is 1.89. The zero-order chi connectivity index (χ0) is 32.5. The number of nitrogens with one attached hydrogen (secondary N) is 1. The third-order valence-corrected chi connectivity index (χ3v) is 8.52. The molecule has 0 saturated heterocycles. The average molecular weight is 602 g/mol. The molecule has 2 amide bonds. The Hall–Kier alpha value is -3.98. The fourth-order valence-electron chi connectivity index (χ4n) is 6.35. The second kappa shape index (κ2) is 10.6. The standard InChI is InChI=1S/C29H39N5O9/c1-28(2,3)34(43)11-17(35)31-15-10-16(32(4)5)13-8-12-9-14-21(33(6)7)24(38)20(27(30)41)26(40)29(14,42)25(39)18(12)23(37)19(13)22(15)36/h10,12,14,21,36-37,40,42-43H,8-9,11H2,1-7H3,(H2,30,41)(H,31,35)/t12?,14?,21-,29-/m0/s1. The minimum Gasteiger partial charge on any atom is -0.508 e. The molecule has 1 aromatic rings. The number of carbonyl (C=O) groups excluding carboxylic acids is 4. The number of benzene rings is 1. The highest BCUT2D eigenvalue weighted by Gasteiger charge is 2.64. The van der Waals surface area contributed by atoms with Crippen LogP contribution in [0.4, 0.5) is 11.4 Å². The van der Waals surface area contributed by atoms with Crippen LogP contribution < -0.4 is 16.0 Å². The van der Waals surface area contributed by atoms with Crippen LogP contribution in [-0.4, -0.2) is 111 Å². The van der Waals surface area contributed by atoms with Gasteiger partial charge in [-0.1, -0.05) is 0 Å². The number of amides is 2. The van der Waals surface area contributed by atoms with Crippen LogP contribution in [0.5, 0.6) is 5.75 Å². The van der Waals surface area contributed by atoms with Crippen molar-refractivity contribution in [3.05, 3.63) is 34.1 Å². The molecule has 0 radical (unpaired) electrons. The number of hydroxylamine groups is 2. The number of likely N-dealkylation sites (N-methyl/N-ethyl adjacent to an activating group) is 1. The molecule has 2 unspecified atom stereocenters. The van der Waals surface area contributed by atoms with Crippen molar-refractivity contribution in [1.29, 1.82) is 0 Å². The molecule has 1 saturated carbocycles. The van der Waals surface area contributed by atoms with Crippen molar-refractivity contribution < 1.29 is 44.8 Å². The topological polar surface area (TPSA) is 217 Å². The number of ketones is 2. The third kappa shape index (κ3) is 4.93. The molecule has 0 aromatic heterocycles. The Morgan fingerprint density at radius 3 is 2.23 bits per heavy atom. The number of Topliss-reactive ketones (excluding diaryl/α,β-unsaturated/α-hetero) is 2. The van der Waals surface area contributed by atoms with Gasteiger partial charge in [-0.3, -0.25) is 24.1 Å². The SMILES string of the molecule is CN(C)c1cc(NC(=O)CN(O)C(C)(C)C)c(O)c2c1CC1CC3[C@H](N(C)C)C(=O)C(C(N)=O)=C(O)[C@@]3(O)C(=O)C1=C2O. The Labute approximate surface area is 248 Å². The van der Waals surface area contributed by atoms with Crippen molar-refractivity contribution in [3.63, 3.8) is 0 Å².